The fraction of sp³-hybridized carbons (Fsp3) is 0.320. The number of hydrogen-bond donors (Lipinski definition) is 1. The van der Waals surface area contributed by atoms with Gasteiger partial charge in [-0.05, 0) is 29.5 Å². The summed E-state index contributed by atoms with van der Waals surface area (Å²) in [6.07, 6.45) is 4.50. The molecule has 1 aliphatic carbocycles. The average Bonchev–Trinajstić information content (AvgIpc) is 2.85. The molecule has 1 aromatic carbocycles. The molecule has 0 spiro atoms. The van der Waals surface area contributed by atoms with E-state index >= 15 is 0 Å². The van der Waals surface area contributed by atoms with E-state index in [1.165, 1.54) is 0 Å². The second-order valence-electron chi connectivity index (χ2n) is 8.31. The first-order valence-corrected chi connectivity index (χ1v) is 10.9. The molecule has 5 rings (SSSR count). The van der Waals surface area contributed by atoms with Gasteiger partial charge in [0.05, 0.1) is 30.8 Å². The molecule has 3 aliphatic rings. The first kappa shape index (κ1) is 20.4. The van der Waals surface area contributed by atoms with E-state index in [9.17, 15) is 10.1 Å². The molecule has 7 heteroatoms. The van der Waals surface area contributed by atoms with Gasteiger partial charge in [0.2, 0.25) is 0 Å². The van der Waals surface area contributed by atoms with E-state index in [-0.39, 0.29) is 11.7 Å². The highest BCUT2D eigenvalue weighted by Gasteiger charge is 2.44. The van der Waals surface area contributed by atoms with Crippen molar-refractivity contribution in [2.24, 2.45) is 5.73 Å². The van der Waals surface area contributed by atoms with E-state index in [0.717, 1.165) is 16.8 Å². The minimum atomic E-state index is -0.495. The summed E-state index contributed by atoms with van der Waals surface area (Å²) in [7, 11) is 0. The number of ether oxygens (including phenoxy) is 1. The van der Waals surface area contributed by atoms with Crippen LogP contribution in [0, 0.1) is 11.3 Å². The van der Waals surface area contributed by atoms with Gasteiger partial charge < -0.3 is 10.5 Å². The van der Waals surface area contributed by atoms with Crippen molar-refractivity contribution in [2.45, 2.75) is 24.7 Å². The predicted octanol–water partition coefficient (Wildman–Crippen LogP) is 2.82. The zero-order chi connectivity index (χ0) is 22.1. The Morgan fingerprint density at radius 3 is 2.50 bits per heavy atom. The number of ketones is 1. The predicted molar refractivity (Wildman–Crippen MR) is 118 cm³/mol. The smallest absolute Gasteiger partial charge is 0.162 e. The minimum absolute atomic E-state index is 0.0625. The lowest BCUT2D eigenvalue weighted by atomic mass is 9.72. The number of pyridine rings is 1. The molecule has 2 aliphatic heterocycles. The Morgan fingerprint density at radius 2 is 1.81 bits per heavy atom. The maximum absolute atomic E-state index is 13.7. The van der Waals surface area contributed by atoms with E-state index < -0.39 is 5.92 Å². The molecule has 1 saturated heterocycles. The number of benzene rings is 1. The molecule has 1 fully saturated rings. The monoisotopic (exact) mass is 427 g/mol. The van der Waals surface area contributed by atoms with Crippen molar-refractivity contribution in [3.63, 3.8) is 0 Å². The van der Waals surface area contributed by atoms with E-state index in [1.807, 2.05) is 35.3 Å². The molecular weight excluding hydrogens is 402 g/mol. The molecule has 0 radical (unpaired) electrons. The van der Waals surface area contributed by atoms with Gasteiger partial charge in [0.25, 0.3) is 0 Å². The van der Waals surface area contributed by atoms with E-state index in [1.54, 1.807) is 12.4 Å². The number of rotatable bonds is 3. The summed E-state index contributed by atoms with van der Waals surface area (Å²) < 4.78 is 5.54. The number of aromatic nitrogens is 1. The van der Waals surface area contributed by atoms with E-state index in [2.05, 4.69) is 28.2 Å². The molecular formula is C25H25N5O2. The fourth-order valence-corrected chi connectivity index (χ4v) is 5.03. The molecule has 7 nitrogen and oxygen atoms in total. The summed E-state index contributed by atoms with van der Waals surface area (Å²) in [5, 5.41) is 14.1. The lowest BCUT2D eigenvalue weighted by Gasteiger charge is -2.46. The summed E-state index contributed by atoms with van der Waals surface area (Å²) in [5.74, 6) is 0.0261. The highest BCUT2D eigenvalue weighted by Crippen LogP contribution is 2.48. The van der Waals surface area contributed by atoms with Crippen LogP contribution in [0.25, 0.3) is 0 Å². The van der Waals surface area contributed by atoms with Gasteiger partial charge >= 0.3 is 0 Å². The van der Waals surface area contributed by atoms with Crippen LogP contribution in [0.4, 0.5) is 0 Å². The molecule has 162 valence electrons. The number of nitriles is 1. The van der Waals surface area contributed by atoms with Crippen molar-refractivity contribution in [1.29, 1.82) is 5.26 Å². The van der Waals surface area contributed by atoms with Gasteiger partial charge in [0, 0.05) is 43.2 Å². The quantitative estimate of drug-likeness (QED) is 0.805. The number of carbonyl (C=O) groups excluding carboxylic acids is 1. The number of hydrogen-bond acceptors (Lipinski definition) is 7. The summed E-state index contributed by atoms with van der Waals surface area (Å²) >= 11 is 0. The van der Waals surface area contributed by atoms with Gasteiger partial charge in [-0.1, -0.05) is 36.4 Å². The Kier molecular flexibility index (Phi) is 5.48. The highest BCUT2D eigenvalue weighted by atomic mass is 16.5. The number of allylic oxidation sites excluding steroid dienone is 3. The molecule has 32 heavy (non-hydrogen) atoms. The Labute approximate surface area is 187 Å². The van der Waals surface area contributed by atoms with Crippen LogP contribution >= 0.6 is 0 Å². The van der Waals surface area contributed by atoms with Crippen LogP contribution in [-0.4, -0.2) is 47.1 Å². The summed E-state index contributed by atoms with van der Waals surface area (Å²) in [6.45, 7) is 2.46. The zero-order valence-corrected chi connectivity index (χ0v) is 17.8. The van der Waals surface area contributed by atoms with Gasteiger partial charge in [0.1, 0.15) is 5.82 Å². The number of Topliss-reactive ketones (excluding diaryl/α,β-unsaturated/α-hetero) is 1. The van der Waals surface area contributed by atoms with E-state index in [0.29, 0.717) is 56.1 Å². The van der Waals surface area contributed by atoms with Crippen LogP contribution < -0.4 is 5.73 Å². The largest absolute Gasteiger partial charge is 0.383 e. The topological polar surface area (TPSA) is 95.5 Å². The zero-order valence-electron chi connectivity index (χ0n) is 17.8. The Morgan fingerprint density at radius 1 is 1.06 bits per heavy atom. The van der Waals surface area contributed by atoms with Crippen LogP contribution in [0.5, 0.6) is 0 Å². The summed E-state index contributed by atoms with van der Waals surface area (Å²) in [4.78, 5) is 17.9. The second-order valence-corrected chi connectivity index (χ2v) is 8.31. The fourth-order valence-electron chi connectivity index (χ4n) is 5.03. The maximum Gasteiger partial charge on any atom is 0.162 e. The average molecular weight is 428 g/mol. The lowest BCUT2D eigenvalue weighted by molar-refractivity contribution is -0.117. The van der Waals surface area contributed by atoms with Crippen LogP contribution in [0.1, 0.15) is 35.8 Å². The Hall–Kier alpha value is -3.47. The normalized spacial score (nSPS) is 24.3. The number of hydrazine groups is 1. The third kappa shape index (κ3) is 3.48. The molecule has 0 bridgehead atoms. The van der Waals surface area contributed by atoms with Crippen molar-refractivity contribution in [3.8, 4) is 6.07 Å². The molecule has 0 unspecified atom stereocenters. The Balaban J connectivity index is 1.66. The number of carbonyl (C=O) groups is 1. The minimum Gasteiger partial charge on any atom is -0.383 e. The molecule has 0 amide bonds. The van der Waals surface area contributed by atoms with E-state index in [4.69, 9.17) is 10.5 Å². The number of nitrogens with two attached hydrogens (primary N) is 1. The molecule has 3 heterocycles. The molecule has 2 atom stereocenters. The first-order valence-electron chi connectivity index (χ1n) is 10.9. The molecule has 2 N–H and O–H groups in total. The first-order chi connectivity index (χ1) is 15.7. The lowest BCUT2D eigenvalue weighted by Crippen LogP contribution is -2.52. The van der Waals surface area contributed by atoms with Gasteiger partial charge in [-0.25, -0.2) is 5.01 Å². The van der Waals surface area contributed by atoms with Crippen molar-refractivity contribution >= 4 is 5.78 Å². The summed E-state index contributed by atoms with van der Waals surface area (Å²) in [5.41, 5.74) is 10.6. The van der Waals surface area contributed by atoms with Crippen LogP contribution in [-0.2, 0) is 9.53 Å². The van der Waals surface area contributed by atoms with Crippen molar-refractivity contribution in [3.05, 3.63) is 88.6 Å². The van der Waals surface area contributed by atoms with Gasteiger partial charge in [-0.2, -0.15) is 5.26 Å². The van der Waals surface area contributed by atoms with Crippen molar-refractivity contribution in [2.75, 3.05) is 26.3 Å². The van der Waals surface area contributed by atoms with Gasteiger partial charge in [0.15, 0.2) is 5.78 Å². The highest BCUT2D eigenvalue weighted by molar-refractivity contribution is 6.00. The van der Waals surface area contributed by atoms with Crippen molar-refractivity contribution < 1.29 is 9.53 Å². The van der Waals surface area contributed by atoms with Crippen molar-refractivity contribution in [1.82, 2.24) is 15.0 Å². The SMILES string of the molecule is N#CC1=C(N)N(N2CCOCC2)C2=C(C(=O)C[C@H](c3ccccc3)C2)[C@@H]1c1cccnc1. The third-order valence-corrected chi connectivity index (χ3v) is 6.50. The van der Waals surface area contributed by atoms with Crippen LogP contribution in [0.15, 0.2) is 77.5 Å². The summed E-state index contributed by atoms with van der Waals surface area (Å²) in [6, 6.07) is 16.2. The van der Waals surface area contributed by atoms with Crippen LogP contribution in [0.3, 0.4) is 0 Å². The second kappa shape index (κ2) is 8.58. The standard InChI is InChI=1S/C25H25N5O2/c26-15-20-23(18-7-4-8-28-16-18)24-21(30(25(20)27)29-9-11-32-12-10-29)13-19(14-22(24)31)17-5-2-1-3-6-17/h1-8,16,19,23H,9-14,27H2/t19-,23-/m1/s1. The Bertz CT molecular complexity index is 1110. The number of morpholine rings is 1. The number of nitrogens with zero attached hydrogens (tertiary/aromatic N) is 4. The van der Waals surface area contributed by atoms with Crippen LogP contribution in [0.2, 0.25) is 0 Å². The van der Waals surface area contributed by atoms with Gasteiger partial charge in [-0.3, -0.25) is 14.8 Å². The molecule has 1 aromatic heterocycles. The third-order valence-electron chi connectivity index (χ3n) is 6.50. The molecule has 2 aromatic rings. The molecule has 0 saturated carbocycles. The maximum atomic E-state index is 13.7. The van der Waals surface area contributed by atoms with Gasteiger partial charge in [-0.15, -0.1) is 0 Å².